The molecule has 0 aromatic carbocycles. The summed E-state index contributed by atoms with van der Waals surface area (Å²) in [4.78, 5) is 2.46. The van der Waals surface area contributed by atoms with Gasteiger partial charge in [-0.05, 0) is 57.2 Å². The first kappa shape index (κ1) is 13.2. The highest BCUT2D eigenvalue weighted by Crippen LogP contribution is 2.47. The zero-order valence-electron chi connectivity index (χ0n) is 12.0. The summed E-state index contributed by atoms with van der Waals surface area (Å²) < 4.78 is 5.99. The molecule has 4 atom stereocenters. The largest absolute Gasteiger partial charge is 0.464 e. The second-order valence-electron chi connectivity index (χ2n) is 6.47. The maximum atomic E-state index is 9.56. The normalized spacial score (nSPS) is 32.7. The van der Waals surface area contributed by atoms with Crippen LogP contribution in [0.5, 0.6) is 0 Å². The number of nitrogens with zero attached hydrogens (tertiary/aromatic N) is 1. The molecular formula is C16H25NO2. The summed E-state index contributed by atoms with van der Waals surface area (Å²) in [5, 5.41) is 9.56. The lowest BCUT2D eigenvalue weighted by Crippen LogP contribution is -2.31. The minimum absolute atomic E-state index is 0.204. The van der Waals surface area contributed by atoms with Crippen LogP contribution in [-0.4, -0.2) is 28.7 Å². The van der Waals surface area contributed by atoms with E-state index in [-0.39, 0.29) is 6.10 Å². The molecule has 2 heterocycles. The van der Waals surface area contributed by atoms with Crippen LogP contribution in [0.15, 0.2) is 16.5 Å². The predicted octanol–water partition coefficient (Wildman–Crippen LogP) is 3.14. The van der Waals surface area contributed by atoms with Gasteiger partial charge >= 0.3 is 0 Å². The van der Waals surface area contributed by atoms with Gasteiger partial charge in [0.15, 0.2) is 0 Å². The Morgan fingerprint density at radius 3 is 2.95 bits per heavy atom. The van der Waals surface area contributed by atoms with Gasteiger partial charge in [-0.1, -0.05) is 6.92 Å². The third-order valence-corrected chi connectivity index (χ3v) is 4.63. The highest BCUT2D eigenvalue weighted by Gasteiger charge is 2.36. The lowest BCUT2D eigenvalue weighted by atomic mass is 10.1. The Bertz CT molecular complexity index is 426. The zero-order chi connectivity index (χ0) is 13.4. The van der Waals surface area contributed by atoms with Crippen molar-refractivity contribution >= 4 is 0 Å². The van der Waals surface area contributed by atoms with Crippen LogP contribution >= 0.6 is 0 Å². The van der Waals surface area contributed by atoms with Crippen LogP contribution in [0.4, 0.5) is 0 Å². The van der Waals surface area contributed by atoms with Crippen molar-refractivity contribution in [3.63, 3.8) is 0 Å². The molecule has 19 heavy (non-hydrogen) atoms. The van der Waals surface area contributed by atoms with Crippen molar-refractivity contribution in [1.82, 2.24) is 4.90 Å². The van der Waals surface area contributed by atoms with Gasteiger partial charge in [-0.2, -0.15) is 0 Å². The number of hydrogen-bond donors (Lipinski definition) is 1. The van der Waals surface area contributed by atoms with Gasteiger partial charge in [-0.15, -0.1) is 0 Å². The molecule has 106 valence electrons. The molecule has 2 fully saturated rings. The van der Waals surface area contributed by atoms with E-state index in [0.29, 0.717) is 12.0 Å². The Labute approximate surface area is 115 Å². The summed E-state index contributed by atoms with van der Waals surface area (Å²) in [5.41, 5.74) is 0. The first-order valence-electron chi connectivity index (χ1n) is 7.64. The fourth-order valence-corrected chi connectivity index (χ4v) is 3.36. The van der Waals surface area contributed by atoms with Gasteiger partial charge < -0.3 is 9.52 Å². The van der Waals surface area contributed by atoms with E-state index in [4.69, 9.17) is 4.42 Å². The summed E-state index contributed by atoms with van der Waals surface area (Å²) in [6.45, 7) is 6.20. The summed E-state index contributed by atoms with van der Waals surface area (Å²) in [7, 11) is 0. The third-order valence-electron chi connectivity index (χ3n) is 4.63. The highest BCUT2D eigenvalue weighted by atomic mass is 16.3. The summed E-state index contributed by atoms with van der Waals surface area (Å²) >= 11 is 0. The predicted molar refractivity (Wildman–Crippen MR) is 75.0 cm³/mol. The van der Waals surface area contributed by atoms with Gasteiger partial charge in [0, 0.05) is 12.0 Å². The second-order valence-corrected chi connectivity index (χ2v) is 6.47. The lowest BCUT2D eigenvalue weighted by Gasteiger charge is -2.24. The van der Waals surface area contributed by atoms with Crippen LogP contribution in [0.25, 0.3) is 0 Å². The molecule has 3 heteroatoms. The van der Waals surface area contributed by atoms with E-state index in [0.717, 1.165) is 31.2 Å². The van der Waals surface area contributed by atoms with E-state index in [9.17, 15) is 5.11 Å². The van der Waals surface area contributed by atoms with Crippen molar-refractivity contribution in [3.05, 3.63) is 23.7 Å². The molecule has 0 amide bonds. The minimum Gasteiger partial charge on any atom is -0.464 e. The molecule has 3 rings (SSSR count). The van der Waals surface area contributed by atoms with Gasteiger partial charge in [-0.3, -0.25) is 4.90 Å². The Balaban J connectivity index is 1.59. The fourth-order valence-electron chi connectivity index (χ4n) is 3.36. The number of aliphatic hydroxyl groups excluding tert-OH is 1. The van der Waals surface area contributed by atoms with Crippen LogP contribution in [-0.2, 0) is 6.54 Å². The quantitative estimate of drug-likeness (QED) is 0.886. The van der Waals surface area contributed by atoms with Crippen molar-refractivity contribution in [1.29, 1.82) is 0 Å². The maximum Gasteiger partial charge on any atom is 0.118 e. The molecule has 2 aliphatic rings. The standard InChI is InChI=1S/C16H25NO2/c1-11-8-15(11)16-6-5-14(19-16)10-17-7-3-4-13(17)9-12(2)18/h5-6,11-13,15,18H,3-4,7-10H2,1-2H3. The van der Waals surface area contributed by atoms with E-state index in [2.05, 4.69) is 24.0 Å². The molecule has 1 saturated carbocycles. The summed E-state index contributed by atoms with van der Waals surface area (Å²) in [6.07, 6.45) is 4.40. The number of hydrogen-bond acceptors (Lipinski definition) is 3. The molecule has 0 spiro atoms. The zero-order valence-corrected chi connectivity index (χ0v) is 12.0. The number of aliphatic hydroxyl groups is 1. The molecular weight excluding hydrogens is 238 g/mol. The number of furan rings is 1. The molecule has 0 bridgehead atoms. The van der Waals surface area contributed by atoms with E-state index < -0.39 is 0 Å². The summed E-state index contributed by atoms with van der Waals surface area (Å²) in [6, 6.07) is 4.81. The highest BCUT2D eigenvalue weighted by molar-refractivity contribution is 5.17. The Morgan fingerprint density at radius 2 is 2.26 bits per heavy atom. The van der Waals surface area contributed by atoms with E-state index >= 15 is 0 Å². The smallest absolute Gasteiger partial charge is 0.118 e. The first-order chi connectivity index (χ1) is 9.13. The molecule has 1 aliphatic carbocycles. The number of rotatable bonds is 5. The van der Waals surface area contributed by atoms with Crippen molar-refractivity contribution in [2.45, 2.75) is 64.1 Å². The Morgan fingerprint density at radius 1 is 1.47 bits per heavy atom. The van der Waals surface area contributed by atoms with Gasteiger partial charge in [0.1, 0.15) is 11.5 Å². The number of likely N-dealkylation sites (tertiary alicyclic amines) is 1. The van der Waals surface area contributed by atoms with Crippen LogP contribution in [0, 0.1) is 5.92 Å². The second kappa shape index (κ2) is 5.29. The van der Waals surface area contributed by atoms with Crippen LogP contribution in [0.2, 0.25) is 0 Å². The molecule has 1 N–H and O–H groups in total. The maximum absolute atomic E-state index is 9.56. The van der Waals surface area contributed by atoms with E-state index in [1.54, 1.807) is 0 Å². The summed E-state index contributed by atoms with van der Waals surface area (Å²) in [5.74, 6) is 3.73. The molecule has 0 radical (unpaired) electrons. The Kier molecular flexibility index (Phi) is 3.68. The molecule has 4 unspecified atom stereocenters. The van der Waals surface area contributed by atoms with E-state index in [1.807, 2.05) is 6.92 Å². The molecule has 1 aromatic rings. The van der Waals surface area contributed by atoms with Crippen LogP contribution in [0.3, 0.4) is 0 Å². The van der Waals surface area contributed by atoms with Crippen molar-refractivity contribution in [2.75, 3.05) is 6.54 Å². The molecule has 1 aromatic heterocycles. The van der Waals surface area contributed by atoms with Crippen molar-refractivity contribution < 1.29 is 9.52 Å². The topological polar surface area (TPSA) is 36.6 Å². The lowest BCUT2D eigenvalue weighted by molar-refractivity contribution is 0.126. The van der Waals surface area contributed by atoms with Crippen molar-refractivity contribution in [3.8, 4) is 0 Å². The molecule has 1 aliphatic heterocycles. The molecule has 1 saturated heterocycles. The SMILES string of the molecule is CC(O)CC1CCCN1Cc1ccc(C2CC2C)o1. The Hall–Kier alpha value is -0.800. The van der Waals surface area contributed by atoms with Gasteiger partial charge in [0.05, 0.1) is 12.6 Å². The van der Waals surface area contributed by atoms with Gasteiger partial charge in [0.2, 0.25) is 0 Å². The fraction of sp³-hybridized carbons (Fsp3) is 0.750. The third kappa shape index (κ3) is 3.03. The average Bonchev–Trinajstić information content (AvgIpc) is 2.78. The average molecular weight is 263 g/mol. The molecule has 3 nitrogen and oxygen atoms in total. The van der Waals surface area contributed by atoms with Crippen LogP contribution < -0.4 is 0 Å². The van der Waals surface area contributed by atoms with Gasteiger partial charge in [-0.25, -0.2) is 0 Å². The van der Waals surface area contributed by atoms with Gasteiger partial charge in [0.25, 0.3) is 0 Å². The first-order valence-corrected chi connectivity index (χ1v) is 7.64. The van der Waals surface area contributed by atoms with E-state index in [1.165, 1.54) is 25.0 Å². The van der Waals surface area contributed by atoms with Crippen LogP contribution in [0.1, 0.15) is 57.0 Å². The monoisotopic (exact) mass is 263 g/mol. The van der Waals surface area contributed by atoms with Crippen molar-refractivity contribution in [2.24, 2.45) is 5.92 Å². The minimum atomic E-state index is -0.204.